The predicted molar refractivity (Wildman–Crippen MR) is 66.2 cm³/mol. The molecule has 91 valence electrons. The number of benzene rings is 1. The first-order chi connectivity index (χ1) is 8.29. The van der Waals surface area contributed by atoms with E-state index >= 15 is 0 Å². The number of nitrogens with one attached hydrogen (secondary N) is 1. The van der Waals surface area contributed by atoms with E-state index in [2.05, 4.69) is 11.4 Å². The lowest BCUT2D eigenvalue weighted by atomic mass is 9.95. The van der Waals surface area contributed by atoms with Crippen molar-refractivity contribution in [2.75, 3.05) is 7.11 Å². The molecule has 3 heteroatoms. The number of amides is 1. The number of rotatable bonds is 3. The predicted octanol–water partition coefficient (Wildman–Crippen LogP) is 2.56. The Hall–Kier alpha value is -1.51. The average molecular weight is 232 g/mol. The number of ether oxygens (including phenoxy) is 1. The van der Waals surface area contributed by atoms with Gasteiger partial charge in [0, 0.05) is 17.7 Å². The van der Waals surface area contributed by atoms with E-state index in [1.807, 2.05) is 0 Å². The SMILES string of the molecule is COc1[c]cc(C(=O)NC2CCCCC2)cc1. The standard InChI is InChI=1S/C14H18NO2/c1-17-13-9-7-11(8-10-13)14(16)15-12-5-3-2-4-6-12/h7-9,12H,2-6H2,1H3,(H,15,16). The molecule has 3 nitrogen and oxygen atoms in total. The third-order valence-corrected chi connectivity index (χ3v) is 3.21. The quantitative estimate of drug-likeness (QED) is 0.869. The van der Waals surface area contributed by atoms with Crippen LogP contribution in [0.5, 0.6) is 5.75 Å². The molecule has 0 aromatic heterocycles. The van der Waals surface area contributed by atoms with Crippen LogP contribution in [0.4, 0.5) is 0 Å². The van der Waals surface area contributed by atoms with E-state index in [9.17, 15) is 4.79 Å². The summed E-state index contributed by atoms with van der Waals surface area (Å²) in [5.74, 6) is 0.648. The first-order valence-corrected chi connectivity index (χ1v) is 6.16. The number of carbonyl (C=O) groups is 1. The van der Waals surface area contributed by atoms with Crippen molar-refractivity contribution in [3.8, 4) is 5.75 Å². The van der Waals surface area contributed by atoms with Crippen LogP contribution in [0, 0.1) is 6.07 Å². The Kier molecular flexibility index (Phi) is 4.02. The molecule has 0 saturated heterocycles. The molecular formula is C14H18NO2. The van der Waals surface area contributed by atoms with Crippen LogP contribution in [0.3, 0.4) is 0 Å². The number of carbonyl (C=O) groups excluding carboxylic acids is 1. The Morgan fingerprint density at radius 2 is 2.12 bits per heavy atom. The molecule has 1 aliphatic carbocycles. The van der Waals surface area contributed by atoms with Crippen molar-refractivity contribution < 1.29 is 9.53 Å². The van der Waals surface area contributed by atoms with E-state index in [4.69, 9.17) is 4.74 Å². The van der Waals surface area contributed by atoms with Crippen LogP contribution in [0.15, 0.2) is 18.2 Å². The summed E-state index contributed by atoms with van der Waals surface area (Å²) >= 11 is 0. The van der Waals surface area contributed by atoms with Crippen LogP contribution in [0.2, 0.25) is 0 Å². The summed E-state index contributed by atoms with van der Waals surface area (Å²) in [7, 11) is 1.59. The van der Waals surface area contributed by atoms with E-state index in [1.165, 1.54) is 19.3 Å². The van der Waals surface area contributed by atoms with Gasteiger partial charge in [0.05, 0.1) is 7.11 Å². The fourth-order valence-corrected chi connectivity index (χ4v) is 2.19. The minimum atomic E-state index is -0.00389. The van der Waals surface area contributed by atoms with Gasteiger partial charge < -0.3 is 10.1 Å². The lowest BCUT2D eigenvalue weighted by molar-refractivity contribution is 0.0927. The number of hydrogen-bond acceptors (Lipinski definition) is 2. The summed E-state index contributed by atoms with van der Waals surface area (Å²) in [4.78, 5) is 11.9. The zero-order chi connectivity index (χ0) is 12.1. The maximum Gasteiger partial charge on any atom is 0.251 e. The fourth-order valence-electron chi connectivity index (χ4n) is 2.19. The van der Waals surface area contributed by atoms with Crippen LogP contribution in [0.25, 0.3) is 0 Å². The average Bonchev–Trinajstić information content (AvgIpc) is 2.40. The second-order valence-electron chi connectivity index (χ2n) is 4.45. The van der Waals surface area contributed by atoms with Crippen molar-refractivity contribution in [2.24, 2.45) is 0 Å². The van der Waals surface area contributed by atoms with Crippen molar-refractivity contribution in [3.63, 3.8) is 0 Å². The Morgan fingerprint density at radius 3 is 2.71 bits per heavy atom. The van der Waals surface area contributed by atoms with Gasteiger partial charge in [0.1, 0.15) is 5.75 Å². The molecule has 1 N–H and O–H groups in total. The van der Waals surface area contributed by atoms with E-state index in [0.29, 0.717) is 17.4 Å². The molecule has 0 spiro atoms. The second-order valence-corrected chi connectivity index (χ2v) is 4.45. The van der Waals surface area contributed by atoms with Gasteiger partial charge in [-0.25, -0.2) is 0 Å². The molecule has 0 unspecified atom stereocenters. The molecule has 1 fully saturated rings. The van der Waals surface area contributed by atoms with Gasteiger partial charge in [-0.05, 0) is 31.0 Å². The highest BCUT2D eigenvalue weighted by Gasteiger charge is 2.16. The first kappa shape index (κ1) is 12.0. The maximum absolute atomic E-state index is 11.9. The zero-order valence-electron chi connectivity index (χ0n) is 10.2. The highest BCUT2D eigenvalue weighted by Crippen LogP contribution is 2.18. The Labute approximate surface area is 102 Å². The van der Waals surface area contributed by atoms with Gasteiger partial charge in [-0.3, -0.25) is 4.79 Å². The van der Waals surface area contributed by atoms with Crippen LogP contribution in [0.1, 0.15) is 42.5 Å². The van der Waals surface area contributed by atoms with Crippen LogP contribution in [-0.2, 0) is 0 Å². The number of methoxy groups -OCH3 is 1. The minimum absolute atomic E-state index is 0.00389. The Morgan fingerprint density at radius 1 is 1.35 bits per heavy atom. The van der Waals surface area contributed by atoms with Crippen molar-refractivity contribution in [1.29, 1.82) is 0 Å². The largest absolute Gasteiger partial charge is 0.496 e. The summed E-state index contributed by atoms with van der Waals surface area (Å²) in [5, 5.41) is 3.07. The Bertz CT molecular complexity index is 366. The molecule has 0 aliphatic heterocycles. The van der Waals surface area contributed by atoms with Crippen molar-refractivity contribution in [1.82, 2.24) is 5.32 Å². The molecular weight excluding hydrogens is 214 g/mol. The number of hydrogen-bond donors (Lipinski definition) is 1. The second kappa shape index (κ2) is 5.71. The molecule has 2 rings (SSSR count). The smallest absolute Gasteiger partial charge is 0.251 e. The van der Waals surface area contributed by atoms with Crippen molar-refractivity contribution in [2.45, 2.75) is 38.1 Å². The first-order valence-electron chi connectivity index (χ1n) is 6.16. The van der Waals surface area contributed by atoms with Crippen molar-refractivity contribution in [3.05, 3.63) is 29.8 Å². The minimum Gasteiger partial charge on any atom is -0.496 e. The third-order valence-electron chi connectivity index (χ3n) is 3.21. The molecule has 1 amide bonds. The van der Waals surface area contributed by atoms with Gasteiger partial charge in [-0.1, -0.05) is 19.3 Å². The zero-order valence-corrected chi connectivity index (χ0v) is 10.2. The topological polar surface area (TPSA) is 38.3 Å². The summed E-state index contributed by atoms with van der Waals surface area (Å²) in [6.45, 7) is 0. The van der Waals surface area contributed by atoms with Gasteiger partial charge in [0.2, 0.25) is 0 Å². The van der Waals surface area contributed by atoms with Crippen LogP contribution < -0.4 is 10.1 Å². The van der Waals surface area contributed by atoms with Gasteiger partial charge in [0.25, 0.3) is 5.91 Å². The van der Waals surface area contributed by atoms with Gasteiger partial charge in [-0.2, -0.15) is 0 Å². The third kappa shape index (κ3) is 3.22. The fraction of sp³-hybridized carbons (Fsp3) is 0.500. The lowest BCUT2D eigenvalue weighted by Gasteiger charge is -2.22. The van der Waals surface area contributed by atoms with Gasteiger partial charge in [0.15, 0.2) is 0 Å². The van der Waals surface area contributed by atoms with E-state index < -0.39 is 0 Å². The van der Waals surface area contributed by atoms with Gasteiger partial charge in [-0.15, -0.1) is 0 Å². The molecule has 1 aliphatic rings. The van der Waals surface area contributed by atoms with E-state index in [1.54, 1.807) is 25.3 Å². The molecule has 0 atom stereocenters. The highest BCUT2D eigenvalue weighted by atomic mass is 16.5. The van der Waals surface area contributed by atoms with Gasteiger partial charge >= 0.3 is 0 Å². The van der Waals surface area contributed by atoms with Crippen molar-refractivity contribution >= 4 is 5.91 Å². The molecule has 1 aromatic rings. The summed E-state index contributed by atoms with van der Waals surface area (Å²) in [5.41, 5.74) is 0.649. The molecule has 17 heavy (non-hydrogen) atoms. The Balaban J connectivity index is 1.93. The monoisotopic (exact) mass is 232 g/mol. The van der Waals surface area contributed by atoms with Crippen LogP contribution in [-0.4, -0.2) is 19.1 Å². The maximum atomic E-state index is 11.9. The van der Waals surface area contributed by atoms with E-state index in [-0.39, 0.29) is 5.91 Å². The molecule has 0 bridgehead atoms. The summed E-state index contributed by atoms with van der Waals surface area (Å²) < 4.78 is 5.01. The summed E-state index contributed by atoms with van der Waals surface area (Å²) in [6, 6.07) is 8.48. The molecule has 0 heterocycles. The summed E-state index contributed by atoms with van der Waals surface area (Å²) in [6.07, 6.45) is 5.94. The van der Waals surface area contributed by atoms with Crippen LogP contribution >= 0.6 is 0 Å². The normalized spacial score (nSPS) is 16.5. The lowest BCUT2D eigenvalue weighted by Crippen LogP contribution is -2.36. The van der Waals surface area contributed by atoms with E-state index in [0.717, 1.165) is 12.8 Å². The highest BCUT2D eigenvalue weighted by molar-refractivity contribution is 5.94. The molecule has 1 radical (unpaired) electrons. The molecule has 1 aromatic carbocycles. The molecule has 1 saturated carbocycles.